The third kappa shape index (κ3) is 2.38. The van der Waals surface area contributed by atoms with Crippen molar-refractivity contribution in [3.8, 4) is 0 Å². The van der Waals surface area contributed by atoms with Crippen LogP contribution < -0.4 is 11.1 Å². The lowest BCUT2D eigenvalue weighted by Gasteiger charge is -2.29. The lowest BCUT2D eigenvalue weighted by atomic mass is 9.86. The van der Waals surface area contributed by atoms with Crippen LogP contribution in [0.5, 0.6) is 0 Å². The first kappa shape index (κ1) is 10.8. The van der Waals surface area contributed by atoms with E-state index in [1.807, 2.05) is 20.8 Å². The molecule has 1 heterocycles. The van der Waals surface area contributed by atoms with E-state index in [1.165, 1.54) is 0 Å². The number of carbonyl (C=O) groups excluding carboxylic acids is 2. The summed E-state index contributed by atoms with van der Waals surface area (Å²) in [5.41, 5.74) is 5.62. The Labute approximate surface area is 82.8 Å². The average Bonchev–Trinajstić information content (AvgIpc) is 1.99. The van der Waals surface area contributed by atoms with Crippen LogP contribution >= 0.6 is 0 Å². The van der Waals surface area contributed by atoms with E-state index in [-0.39, 0.29) is 23.6 Å². The van der Waals surface area contributed by atoms with Crippen LogP contribution in [-0.2, 0) is 9.59 Å². The van der Waals surface area contributed by atoms with Gasteiger partial charge < -0.3 is 11.1 Å². The summed E-state index contributed by atoms with van der Waals surface area (Å²) in [6, 6.07) is -0.435. The number of amidine groups is 1. The summed E-state index contributed by atoms with van der Waals surface area (Å²) in [6.45, 7) is 5.77. The zero-order valence-electron chi connectivity index (χ0n) is 8.63. The number of nitrogens with one attached hydrogen (secondary N) is 1. The molecule has 1 rings (SSSR count). The fraction of sp³-hybridized carbons (Fsp3) is 0.667. The monoisotopic (exact) mass is 197 g/mol. The second-order valence-corrected chi connectivity index (χ2v) is 4.46. The van der Waals surface area contributed by atoms with Crippen molar-refractivity contribution in [3.63, 3.8) is 0 Å². The van der Waals surface area contributed by atoms with E-state index >= 15 is 0 Å². The Bertz CT molecular complexity index is 302. The topological polar surface area (TPSA) is 84.5 Å². The summed E-state index contributed by atoms with van der Waals surface area (Å²) >= 11 is 0. The molecule has 0 radical (unpaired) electrons. The maximum absolute atomic E-state index is 11.0. The third-order valence-electron chi connectivity index (χ3n) is 2.05. The number of rotatable bonds is 1. The Balaban J connectivity index is 2.88. The van der Waals surface area contributed by atoms with E-state index in [0.29, 0.717) is 0 Å². The second kappa shape index (κ2) is 3.49. The summed E-state index contributed by atoms with van der Waals surface area (Å²) in [5, 5.41) is 2.52. The first-order valence-corrected chi connectivity index (χ1v) is 4.47. The van der Waals surface area contributed by atoms with Gasteiger partial charge in [-0.15, -0.1) is 0 Å². The molecule has 0 fully saturated rings. The molecular formula is C9H15N3O2. The van der Waals surface area contributed by atoms with Crippen LogP contribution in [0.25, 0.3) is 0 Å². The van der Waals surface area contributed by atoms with Gasteiger partial charge in [-0.3, -0.25) is 9.59 Å². The molecule has 5 heteroatoms. The Hall–Kier alpha value is -1.23. The lowest BCUT2D eigenvalue weighted by molar-refractivity contribution is -0.127. The Morgan fingerprint density at radius 3 is 2.43 bits per heavy atom. The van der Waals surface area contributed by atoms with Crippen LogP contribution in [0.4, 0.5) is 0 Å². The minimum Gasteiger partial charge on any atom is -0.321 e. The van der Waals surface area contributed by atoms with Gasteiger partial charge in [-0.25, -0.2) is 0 Å². The van der Waals surface area contributed by atoms with E-state index in [9.17, 15) is 9.59 Å². The zero-order chi connectivity index (χ0) is 10.9. The van der Waals surface area contributed by atoms with Gasteiger partial charge in [0.05, 0.1) is 6.04 Å². The minimum absolute atomic E-state index is 0.180. The first-order valence-electron chi connectivity index (χ1n) is 4.47. The number of nitrogens with zero attached hydrogens (tertiary/aromatic N) is 1. The molecule has 0 saturated carbocycles. The number of nitrogens with two attached hydrogens (primary N) is 1. The highest BCUT2D eigenvalue weighted by Gasteiger charge is 2.30. The predicted molar refractivity (Wildman–Crippen MR) is 52.6 cm³/mol. The summed E-state index contributed by atoms with van der Waals surface area (Å²) in [6.07, 6.45) is -0.180. The van der Waals surface area contributed by atoms with Gasteiger partial charge in [-0.05, 0) is 5.41 Å². The van der Waals surface area contributed by atoms with E-state index in [4.69, 9.17) is 5.73 Å². The molecule has 0 bridgehead atoms. The van der Waals surface area contributed by atoms with Gasteiger partial charge in [0.15, 0.2) is 0 Å². The molecule has 0 spiro atoms. The van der Waals surface area contributed by atoms with Crippen LogP contribution in [0, 0.1) is 5.41 Å². The van der Waals surface area contributed by atoms with Gasteiger partial charge >= 0.3 is 0 Å². The van der Waals surface area contributed by atoms with Gasteiger partial charge in [0, 0.05) is 0 Å². The van der Waals surface area contributed by atoms with Gasteiger partial charge in [0.2, 0.25) is 5.91 Å². The number of carbonyl (C=O) groups is 2. The van der Waals surface area contributed by atoms with Gasteiger partial charge in [-0.2, -0.15) is 4.99 Å². The first-order chi connectivity index (χ1) is 6.30. The van der Waals surface area contributed by atoms with Crippen molar-refractivity contribution in [1.82, 2.24) is 5.32 Å². The molecule has 78 valence electrons. The number of hydrogen-bond acceptors (Lipinski definition) is 3. The number of aliphatic imine (C=N–C) groups is 1. The molecule has 0 saturated heterocycles. The summed E-state index contributed by atoms with van der Waals surface area (Å²) in [7, 11) is 0. The highest BCUT2D eigenvalue weighted by Crippen LogP contribution is 2.18. The Morgan fingerprint density at radius 2 is 2.00 bits per heavy atom. The largest absolute Gasteiger partial charge is 0.321 e. The molecule has 0 aromatic carbocycles. The number of hydrogen-bond donors (Lipinski definition) is 2. The molecule has 2 amide bonds. The van der Waals surface area contributed by atoms with E-state index in [0.717, 1.165) is 0 Å². The van der Waals surface area contributed by atoms with Crippen LogP contribution in [0.15, 0.2) is 4.99 Å². The highest BCUT2D eigenvalue weighted by molar-refractivity contribution is 6.15. The molecular weight excluding hydrogens is 182 g/mol. The van der Waals surface area contributed by atoms with Crippen LogP contribution in [0.3, 0.4) is 0 Å². The van der Waals surface area contributed by atoms with Crippen molar-refractivity contribution in [3.05, 3.63) is 0 Å². The SMILES string of the molecule is CC(C)(C)C(N)C1=NC(=O)CC(=O)N1. The van der Waals surface area contributed by atoms with Crippen LogP contribution in [0.1, 0.15) is 27.2 Å². The van der Waals surface area contributed by atoms with E-state index < -0.39 is 11.9 Å². The molecule has 0 aromatic heterocycles. The van der Waals surface area contributed by atoms with Crippen molar-refractivity contribution in [2.24, 2.45) is 16.1 Å². The summed E-state index contributed by atoms with van der Waals surface area (Å²) < 4.78 is 0. The fourth-order valence-electron chi connectivity index (χ4n) is 1.08. The molecule has 1 unspecified atom stereocenters. The second-order valence-electron chi connectivity index (χ2n) is 4.46. The third-order valence-corrected chi connectivity index (χ3v) is 2.05. The van der Waals surface area contributed by atoms with Crippen LogP contribution in [-0.4, -0.2) is 23.7 Å². The Kier molecular flexibility index (Phi) is 2.71. The van der Waals surface area contributed by atoms with E-state index in [1.54, 1.807) is 0 Å². The molecule has 0 aliphatic carbocycles. The molecule has 1 aliphatic heterocycles. The molecule has 1 atom stereocenters. The van der Waals surface area contributed by atoms with Crippen molar-refractivity contribution >= 4 is 17.6 Å². The zero-order valence-corrected chi connectivity index (χ0v) is 8.63. The average molecular weight is 197 g/mol. The highest BCUT2D eigenvalue weighted by atomic mass is 16.2. The van der Waals surface area contributed by atoms with Crippen molar-refractivity contribution in [2.75, 3.05) is 0 Å². The minimum atomic E-state index is -0.435. The molecule has 5 nitrogen and oxygen atoms in total. The molecule has 14 heavy (non-hydrogen) atoms. The summed E-state index contributed by atoms with van der Waals surface area (Å²) in [5.74, 6) is -0.484. The molecule has 3 N–H and O–H groups in total. The lowest BCUT2D eigenvalue weighted by Crippen LogP contribution is -2.52. The summed E-state index contributed by atoms with van der Waals surface area (Å²) in [4.78, 5) is 25.8. The smallest absolute Gasteiger partial charge is 0.256 e. The predicted octanol–water partition coefficient (Wildman–Crippen LogP) is -0.195. The van der Waals surface area contributed by atoms with Gasteiger partial charge in [0.1, 0.15) is 12.3 Å². The fourth-order valence-corrected chi connectivity index (χ4v) is 1.08. The van der Waals surface area contributed by atoms with Crippen LogP contribution in [0.2, 0.25) is 0 Å². The maximum atomic E-state index is 11.0. The number of amides is 2. The maximum Gasteiger partial charge on any atom is 0.256 e. The standard InChI is InChI=1S/C9H15N3O2/c1-9(2,3)7(10)8-11-5(13)4-6(14)12-8/h7H,4,10H2,1-3H3,(H,11,12,13,14). The van der Waals surface area contributed by atoms with Crippen molar-refractivity contribution in [2.45, 2.75) is 33.2 Å². The normalized spacial score (nSPS) is 20.1. The van der Waals surface area contributed by atoms with E-state index in [2.05, 4.69) is 10.3 Å². The molecule has 0 aromatic rings. The van der Waals surface area contributed by atoms with Gasteiger partial charge in [0.25, 0.3) is 5.91 Å². The van der Waals surface area contributed by atoms with Gasteiger partial charge in [-0.1, -0.05) is 20.8 Å². The molecule has 1 aliphatic rings. The van der Waals surface area contributed by atoms with Crippen molar-refractivity contribution < 1.29 is 9.59 Å². The Morgan fingerprint density at radius 1 is 1.43 bits per heavy atom. The quantitative estimate of drug-likeness (QED) is 0.571. The van der Waals surface area contributed by atoms with Crippen molar-refractivity contribution in [1.29, 1.82) is 0 Å².